The van der Waals surface area contributed by atoms with Gasteiger partial charge in [-0.25, -0.2) is 0 Å². The second-order valence-corrected chi connectivity index (χ2v) is 5.33. The van der Waals surface area contributed by atoms with Gasteiger partial charge < -0.3 is 5.32 Å². The molecule has 18 heavy (non-hydrogen) atoms. The molecule has 102 valence electrons. The largest absolute Gasteiger partial charge is 0.312 e. The first-order valence-electron chi connectivity index (χ1n) is 6.99. The van der Waals surface area contributed by atoms with Crippen molar-refractivity contribution in [3.05, 3.63) is 29.0 Å². The number of hydrogen-bond acceptors (Lipinski definition) is 2. The molecule has 2 atom stereocenters. The van der Waals surface area contributed by atoms with Gasteiger partial charge in [0, 0.05) is 12.2 Å². The number of nitrogens with one attached hydrogen (secondary N) is 1. The van der Waals surface area contributed by atoms with Gasteiger partial charge in [-0.05, 0) is 31.5 Å². The third-order valence-corrected chi connectivity index (χ3v) is 3.79. The van der Waals surface area contributed by atoms with Crippen molar-refractivity contribution in [1.82, 2.24) is 10.3 Å². The van der Waals surface area contributed by atoms with Gasteiger partial charge >= 0.3 is 0 Å². The standard InChI is InChI=1S/C15H25ClN2/c1-4-6-7-12(5-2)10-15(17-3)14-9-8-13(16)11-18-14/h8-9,11-12,15,17H,4-7,10H2,1-3H3. The number of hydrogen-bond donors (Lipinski definition) is 1. The van der Waals surface area contributed by atoms with Gasteiger partial charge in [-0.1, -0.05) is 51.1 Å². The van der Waals surface area contributed by atoms with Crippen molar-refractivity contribution in [2.24, 2.45) is 5.92 Å². The Labute approximate surface area is 116 Å². The summed E-state index contributed by atoms with van der Waals surface area (Å²) >= 11 is 5.88. The molecule has 0 saturated carbocycles. The summed E-state index contributed by atoms with van der Waals surface area (Å²) in [6.45, 7) is 4.53. The van der Waals surface area contributed by atoms with E-state index < -0.39 is 0 Å². The van der Waals surface area contributed by atoms with Crippen LogP contribution in [0.1, 0.15) is 57.7 Å². The van der Waals surface area contributed by atoms with Crippen molar-refractivity contribution < 1.29 is 0 Å². The van der Waals surface area contributed by atoms with E-state index in [0.717, 1.165) is 18.0 Å². The Bertz CT molecular complexity index is 324. The summed E-state index contributed by atoms with van der Waals surface area (Å²) in [6.07, 6.45) is 8.04. The van der Waals surface area contributed by atoms with Crippen molar-refractivity contribution >= 4 is 11.6 Å². The van der Waals surface area contributed by atoms with Crippen LogP contribution in [0, 0.1) is 5.92 Å². The predicted octanol–water partition coefficient (Wildman–Crippen LogP) is 4.60. The maximum Gasteiger partial charge on any atom is 0.0589 e. The highest BCUT2D eigenvalue weighted by atomic mass is 35.5. The summed E-state index contributed by atoms with van der Waals surface area (Å²) in [5.41, 5.74) is 1.09. The third-order valence-electron chi connectivity index (χ3n) is 3.57. The SMILES string of the molecule is CCCCC(CC)CC(NC)c1ccc(Cl)cn1. The van der Waals surface area contributed by atoms with Crippen LogP contribution in [0.5, 0.6) is 0 Å². The molecule has 0 aliphatic heterocycles. The smallest absolute Gasteiger partial charge is 0.0589 e. The molecule has 1 aromatic rings. The van der Waals surface area contributed by atoms with Crippen molar-refractivity contribution in [2.45, 2.75) is 52.0 Å². The molecule has 0 aliphatic rings. The summed E-state index contributed by atoms with van der Waals surface area (Å²) in [7, 11) is 2.01. The van der Waals surface area contributed by atoms with E-state index in [-0.39, 0.29) is 0 Å². The Morgan fingerprint density at radius 2 is 2.11 bits per heavy atom. The normalized spacial score (nSPS) is 14.4. The molecule has 3 heteroatoms. The molecule has 0 spiro atoms. The monoisotopic (exact) mass is 268 g/mol. The van der Waals surface area contributed by atoms with Crippen LogP contribution in [0.3, 0.4) is 0 Å². The van der Waals surface area contributed by atoms with Crippen LogP contribution in [-0.2, 0) is 0 Å². The highest BCUT2D eigenvalue weighted by Crippen LogP contribution is 2.26. The zero-order chi connectivity index (χ0) is 13.4. The van der Waals surface area contributed by atoms with Crippen LogP contribution in [-0.4, -0.2) is 12.0 Å². The Morgan fingerprint density at radius 3 is 2.61 bits per heavy atom. The fraction of sp³-hybridized carbons (Fsp3) is 0.667. The van der Waals surface area contributed by atoms with E-state index in [2.05, 4.69) is 24.1 Å². The Balaban J connectivity index is 2.62. The molecular weight excluding hydrogens is 244 g/mol. The number of aromatic nitrogens is 1. The Morgan fingerprint density at radius 1 is 1.33 bits per heavy atom. The molecule has 0 aromatic carbocycles. The molecule has 1 heterocycles. The number of unbranched alkanes of at least 4 members (excludes halogenated alkanes) is 1. The molecule has 1 aromatic heterocycles. The average molecular weight is 269 g/mol. The van der Waals surface area contributed by atoms with Gasteiger partial charge in [-0.3, -0.25) is 4.98 Å². The first-order valence-corrected chi connectivity index (χ1v) is 7.37. The number of halogens is 1. The Hall–Kier alpha value is -0.600. The summed E-state index contributed by atoms with van der Waals surface area (Å²) in [5.74, 6) is 0.778. The molecule has 1 N–H and O–H groups in total. The molecule has 0 radical (unpaired) electrons. The van der Waals surface area contributed by atoms with Gasteiger partial charge in [0.15, 0.2) is 0 Å². The van der Waals surface area contributed by atoms with Crippen molar-refractivity contribution in [3.8, 4) is 0 Å². The number of pyridine rings is 1. The fourth-order valence-electron chi connectivity index (χ4n) is 2.29. The first-order chi connectivity index (χ1) is 8.71. The molecule has 0 aliphatic carbocycles. The van der Waals surface area contributed by atoms with Crippen LogP contribution in [0.2, 0.25) is 5.02 Å². The van der Waals surface area contributed by atoms with Crippen molar-refractivity contribution in [3.63, 3.8) is 0 Å². The summed E-state index contributed by atoms with van der Waals surface area (Å²) in [4.78, 5) is 4.42. The van der Waals surface area contributed by atoms with Crippen LogP contribution < -0.4 is 5.32 Å². The molecule has 0 amide bonds. The molecular formula is C15H25ClN2. The second kappa shape index (κ2) is 8.49. The maximum absolute atomic E-state index is 5.88. The summed E-state index contributed by atoms with van der Waals surface area (Å²) in [5, 5.41) is 4.07. The minimum Gasteiger partial charge on any atom is -0.312 e. The minimum atomic E-state index is 0.337. The van der Waals surface area contributed by atoms with E-state index in [1.165, 1.54) is 25.7 Å². The van der Waals surface area contributed by atoms with Crippen LogP contribution in [0.25, 0.3) is 0 Å². The number of rotatable bonds is 8. The molecule has 0 saturated heterocycles. The molecule has 0 bridgehead atoms. The van der Waals surface area contributed by atoms with Crippen molar-refractivity contribution in [1.29, 1.82) is 0 Å². The molecule has 2 unspecified atom stereocenters. The zero-order valence-corrected chi connectivity index (χ0v) is 12.5. The van der Waals surface area contributed by atoms with Crippen molar-refractivity contribution in [2.75, 3.05) is 7.05 Å². The highest BCUT2D eigenvalue weighted by molar-refractivity contribution is 6.30. The highest BCUT2D eigenvalue weighted by Gasteiger charge is 2.16. The molecule has 0 fully saturated rings. The van der Waals surface area contributed by atoms with Gasteiger partial charge in [0.2, 0.25) is 0 Å². The van der Waals surface area contributed by atoms with Crippen LogP contribution in [0.4, 0.5) is 0 Å². The third kappa shape index (κ3) is 4.95. The summed E-state index contributed by atoms with van der Waals surface area (Å²) < 4.78 is 0. The lowest BCUT2D eigenvalue weighted by Crippen LogP contribution is -2.20. The molecule has 1 rings (SSSR count). The first kappa shape index (κ1) is 15.5. The van der Waals surface area contributed by atoms with Crippen LogP contribution in [0.15, 0.2) is 18.3 Å². The predicted molar refractivity (Wildman–Crippen MR) is 79.0 cm³/mol. The van der Waals surface area contributed by atoms with Gasteiger partial charge in [0.25, 0.3) is 0 Å². The fourth-order valence-corrected chi connectivity index (χ4v) is 2.41. The topological polar surface area (TPSA) is 24.9 Å². The number of nitrogens with zero attached hydrogens (tertiary/aromatic N) is 1. The van der Waals surface area contributed by atoms with E-state index in [0.29, 0.717) is 11.1 Å². The quantitative estimate of drug-likeness (QED) is 0.745. The van der Waals surface area contributed by atoms with Crippen LogP contribution >= 0.6 is 11.6 Å². The maximum atomic E-state index is 5.88. The zero-order valence-electron chi connectivity index (χ0n) is 11.7. The van der Waals surface area contributed by atoms with Gasteiger partial charge in [0.05, 0.1) is 10.7 Å². The lowest BCUT2D eigenvalue weighted by molar-refractivity contribution is 0.361. The average Bonchev–Trinajstić information content (AvgIpc) is 2.40. The van der Waals surface area contributed by atoms with Gasteiger partial charge in [-0.2, -0.15) is 0 Å². The lowest BCUT2D eigenvalue weighted by atomic mass is 9.91. The summed E-state index contributed by atoms with van der Waals surface area (Å²) in [6, 6.07) is 4.28. The lowest BCUT2D eigenvalue weighted by Gasteiger charge is -2.22. The van der Waals surface area contributed by atoms with E-state index >= 15 is 0 Å². The minimum absolute atomic E-state index is 0.337. The van der Waals surface area contributed by atoms with E-state index in [9.17, 15) is 0 Å². The Kier molecular flexibility index (Phi) is 7.29. The van der Waals surface area contributed by atoms with E-state index in [1.54, 1.807) is 6.20 Å². The van der Waals surface area contributed by atoms with Gasteiger partial charge in [0.1, 0.15) is 0 Å². The second-order valence-electron chi connectivity index (χ2n) is 4.89. The van der Waals surface area contributed by atoms with Gasteiger partial charge in [-0.15, -0.1) is 0 Å². The van der Waals surface area contributed by atoms with E-state index in [4.69, 9.17) is 11.6 Å². The molecule has 2 nitrogen and oxygen atoms in total. The van der Waals surface area contributed by atoms with E-state index in [1.807, 2.05) is 19.2 Å².